The maximum absolute atomic E-state index is 10.7. The molecule has 4 heteroatoms. The number of aromatic hydroxyl groups is 1. The van der Waals surface area contributed by atoms with Gasteiger partial charge in [-0.1, -0.05) is 11.6 Å². The Bertz CT molecular complexity index is 336. The van der Waals surface area contributed by atoms with E-state index in [0.717, 1.165) is 0 Å². The average Bonchev–Trinajstić information content (AvgIpc) is 1.96. The summed E-state index contributed by atoms with van der Waals surface area (Å²) in [7, 11) is 0. The first kappa shape index (κ1) is 8.87. The van der Waals surface area contributed by atoms with Gasteiger partial charge in [-0.15, -0.1) is 0 Å². The van der Waals surface area contributed by atoms with Gasteiger partial charge in [0, 0.05) is 5.02 Å². The average molecular weight is 186 g/mol. The number of amides is 1. The Balaban J connectivity index is 3.37. The second-order valence-corrected chi connectivity index (χ2v) is 2.92. The molecular formula is C8H8ClNO2. The molecule has 0 aliphatic carbocycles. The summed E-state index contributed by atoms with van der Waals surface area (Å²) < 4.78 is 0. The lowest BCUT2D eigenvalue weighted by Crippen LogP contribution is -2.11. The van der Waals surface area contributed by atoms with Gasteiger partial charge >= 0.3 is 0 Å². The third-order valence-corrected chi connectivity index (χ3v) is 1.75. The van der Waals surface area contributed by atoms with E-state index in [1.807, 2.05) is 0 Å². The molecule has 0 radical (unpaired) electrons. The lowest BCUT2D eigenvalue weighted by molar-refractivity contribution is 0.0997. The minimum absolute atomic E-state index is 0.0556. The highest BCUT2D eigenvalue weighted by Crippen LogP contribution is 2.25. The van der Waals surface area contributed by atoms with Crippen molar-refractivity contribution in [1.82, 2.24) is 0 Å². The van der Waals surface area contributed by atoms with Crippen molar-refractivity contribution in [3.63, 3.8) is 0 Å². The summed E-state index contributed by atoms with van der Waals surface area (Å²) in [4.78, 5) is 10.7. The molecule has 3 nitrogen and oxygen atoms in total. The Labute approximate surface area is 74.8 Å². The third-order valence-electron chi connectivity index (χ3n) is 1.53. The fourth-order valence-corrected chi connectivity index (χ4v) is 1.20. The van der Waals surface area contributed by atoms with E-state index in [-0.39, 0.29) is 11.3 Å². The molecule has 0 unspecified atom stereocenters. The normalized spacial score (nSPS) is 9.83. The standard InChI is InChI=1S/C8H8ClNO2/c1-4-2-5(9)3-6(7(4)11)8(10)12/h2-3,11H,1H3,(H2,10,12). The van der Waals surface area contributed by atoms with E-state index < -0.39 is 5.91 Å². The summed E-state index contributed by atoms with van der Waals surface area (Å²) in [5.41, 5.74) is 5.59. The third kappa shape index (κ3) is 1.51. The number of primary amides is 1. The maximum Gasteiger partial charge on any atom is 0.252 e. The van der Waals surface area contributed by atoms with Gasteiger partial charge in [0.2, 0.25) is 0 Å². The first-order chi connectivity index (χ1) is 5.52. The molecule has 0 aliphatic heterocycles. The fraction of sp³-hybridized carbons (Fsp3) is 0.125. The molecule has 1 aromatic rings. The molecule has 0 bridgehead atoms. The molecule has 0 aliphatic rings. The number of rotatable bonds is 1. The molecule has 3 N–H and O–H groups in total. The molecule has 12 heavy (non-hydrogen) atoms. The van der Waals surface area contributed by atoms with Crippen molar-refractivity contribution in [2.24, 2.45) is 5.73 Å². The first-order valence-corrected chi connectivity index (χ1v) is 3.69. The lowest BCUT2D eigenvalue weighted by atomic mass is 10.1. The number of nitrogens with two attached hydrogens (primary N) is 1. The highest BCUT2D eigenvalue weighted by atomic mass is 35.5. The van der Waals surface area contributed by atoms with Crippen LogP contribution in [-0.2, 0) is 0 Å². The summed E-state index contributed by atoms with van der Waals surface area (Å²) in [6.45, 7) is 1.65. The van der Waals surface area contributed by atoms with E-state index in [1.54, 1.807) is 13.0 Å². The number of carbonyl (C=O) groups is 1. The van der Waals surface area contributed by atoms with Crippen LogP contribution >= 0.6 is 11.6 Å². The number of halogens is 1. The van der Waals surface area contributed by atoms with Crippen LogP contribution in [-0.4, -0.2) is 11.0 Å². The van der Waals surface area contributed by atoms with Crippen LogP contribution in [0, 0.1) is 6.92 Å². The Morgan fingerprint density at radius 2 is 2.17 bits per heavy atom. The Kier molecular flexibility index (Phi) is 2.24. The van der Waals surface area contributed by atoms with Gasteiger partial charge in [0.25, 0.3) is 5.91 Å². The molecule has 0 saturated carbocycles. The van der Waals surface area contributed by atoms with Crippen molar-refractivity contribution in [2.75, 3.05) is 0 Å². The molecule has 1 amide bonds. The number of carbonyl (C=O) groups excluding carboxylic acids is 1. The lowest BCUT2D eigenvalue weighted by Gasteiger charge is -2.03. The van der Waals surface area contributed by atoms with Crippen LogP contribution in [0.15, 0.2) is 12.1 Å². The molecule has 1 rings (SSSR count). The number of hydrogen-bond acceptors (Lipinski definition) is 2. The topological polar surface area (TPSA) is 63.3 Å². The van der Waals surface area contributed by atoms with Crippen molar-refractivity contribution in [1.29, 1.82) is 0 Å². The minimum atomic E-state index is -0.682. The molecule has 1 aromatic carbocycles. The molecule has 0 fully saturated rings. The quantitative estimate of drug-likeness (QED) is 0.696. The van der Waals surface area contributed by atoms with Crippen LogP contribution in [0.1, 0.15) is 15.9 Å². The van der Waals surface area contributed by atoms with Gasteiger partial charge in [-0.3, -0.25) is 4.79 Å². The Morgan fingerprint density at radius 3 is 2.67 bits per heavy atom. The summed E-state index contributed by atoms with van der Waals surface area (Å²) in [6, 6.07) is 2.90. The van der Waals surface area contributed by atoms with Gasteiger partial charge < -0.3 is 10.8 Å². The van der Waals surface area contributed by atoms with Crippen LogP contribution in [0.3, 0.4) is 0 Å². The van der Waals surface area contributed by atoms with Crippen LogP contribution in [0.25, 0.3) is 0 Å². The van der Waals surface area contributed by atoms with Gasteiger partial charge in [0.15, 0.2) is 0 Å². The number of benzene rings is 1. The van der Waals surface area contributed by atoms with Crippen molar-refractivity contribution in [2.45, 2.75) is 6.92 Å². The van der Waals surface area contributed by atoms with E-state index in [2.05, 4.69) is 0 Å². The summed E-state index contributed by atoms with van der Waals surface area (Å²) >= 11 is 5.65. The van der Waals surface area contributed by atoms with E-state index >= 15 is 0 Å². The van der Waals surface area contributed by atoms with Crippen LogP contribution in [0.2, 0.25) is 5.02 Å². The zero-order valence-corrected chi connectivity index (χ0v) is 7.22. The van der Waals surface area contributed by atoms with Crippen LogP contribution < -0.4 is 5.73 Å². The summed E-state index contributed by atoms with van der Waals surface area (Å²) in [6.07, 6.45) is 0. The summed E-state index contributed by atoms with van der Waals surface area (Å²) in [5.74, 6) is -0.787. The minimum Gasteiger partial charge on any atom is -0.507 e. The maximum atomic E-state index is 10.7. The van der Waals surface area contributed by atoms with Crippen LogP contribution in [0.5, 0.6) is 5.75 Å². The molecule has 0 saturated heterocycles. The van der Waals surface area contributed by atoms with Gasteiger partial charge in [0.1, 0.15) is 5.75 Å². The second kappa shape index (κ2) is 3.03. The zero-order valence-electron chi connectivity index (χ0n) is 6.47. The van der Waals surface area contributed by atoms with E-state index in [4.69, 9.17) is 17.3 Å². The van der Waals surface area contributed by atoms with Gasteiger partial charge in [0.05, 0.1) is 5.56 Å². The van der Waals surface area contributed by atoms with Crippen molar-refractivity contribution < 1.29 is 9.90 Å². The number of hydrogen-bond donors (Lipinski definition) is 2. The van der Waals surface area contributed by atoms with Crippen molar-refractivity contribution in [3.05, 3.63) is 28.3 Å². The summed E-state index contributed by atoms with van der Waals surface area (Å²) in [5, 5.41) is 9.72. The monoisotopic (exact) mass is 185 g/mol. The predicted octanol–water partition coefficient (Wildman–Crippen LogP) is 1.45. The Morgan fingerprint density at radius 1 is 1.58 bits per heavy atom. The smallest absolute Gasteiger partial charge is 0.252 e. The molecule has 0 atom stereocenters. The van der Waals surface area contributed by atoms with E-state index in [9.17, 15) is 9.90 Å². The molecule has 0 heterocycles. The Hall–Kier alpha value is -1.22. The zero-order chi connectivity index (χ0) is 9.30. The molecule has 64 valence electrons. The van der Waals surface area contributed by atoms with Gasteiger partial charge in [-0.25, -0.2) is 0 Å². The molecule has 0 spiro atoms. The van der Waals surface area contributed by atoms with E-state index in [0.29, 0.717) is 10.6 Å². The molecule has 0 aromatic heterocycles. The van der Waals surface area contributed by atoms with Crippen molar-refractivity contribution >= 4 is 17.5 Å². The SMILES string of the molecule is Cc1cc(Cl)cc(C(N)=O)c1O. The largest absolute Gasteiger partial charge is 0.507 e. The van der Waals surface area contributed by atoms with Crippen molar-refractivity contribution in [3.8, 4) is 5.75 Å². The van der Waals surface area contributed by atoms with Crippen LogP contribution in [0.4, 0.5) is 0 Å². The highest BCUT2D eigenvalue weighted by molar-refractivity contribution is 6.31. The fourth-order valence-electron chi connectivity index (χ4n) is 0.923. The van der Waals surface area contributed by atoms with E-state index in [1.165, 1.54) is 6.07 Å². The molecular weight excluding hydrogens is 178 g/mol. The van der Waals surface area contributed by atoms with Gasteiger partial charge in [-0.05, 0) is 24.6 Å². The number of phenols is 1. The number of aryl methyl sites for hydroxylation is 1. The first-order valence-electron chi connectivity index (χ1n) is 3.31. The predicted molar refractivity (Wildman–Crippen MR) is 46.4 cm³/mol. The highest BCUT2D eigenvalue weighted by Gasteiger charge is 2.10. The second-order valence-electron chi connectivity index (χ2n) is 2.48. The van der Waals surface area contributed by atoms with Gasteiger partial charge in [-0.2, -0.15) is 0 Å².